The van der Waals surface area contributed by atoms with E-state index in [1.807, 2.05) is 29.2 Å². The van der Waals surface area contributed by atoms with Gasteiger partial charge in [0.2, 0.25) is 0 Å². The van der Waals surface area contributed by atoms with Crippen molar-refractivity contribution in [2.75, 3.05) is 38.2 Å². The van der Waals surface area contributed by atoms with Crippen molar-refractivity contribution in [3.8, 4) is 0 Å². The molecule has 2 aromatic carbocycles. The van der Waals surface area contributed by atoms with E-state index in [9.17, 15) is 13.2 Å². The molecule has 3 nitrogen and oxygen atoms in total. The Balaban J connectivity index is 1.55. The van der Waals surface area contributed by atoms with Crippen molar-refractivity contribution in [2.45, 2.75) is 34.9 Å². The molecule has 0 radical (unpaired) electrons. The number of nitrogens with zero attached hydrogens (tertiary/aromatic N) is 2. The number of benzene rings is 2. The minimum Gasteiger partial charge on any atom is -0.380 e. The van der Waals surface area contributed by atoms with Gasteiger partial charge in [0.05, 0.1) is 23.0 Å². The first-order valence-electron chi connectivity index (χ1n) is 9.46. The predicted octanol–water partition coefficient (Wildman–Crippen LogP) is 5.42. The van der Waals surface area contributed by atoms with E-state index in [0.29, 0.717) is 18.3 Å². The summed E-state index contributed by atoms with van der Waals surface area (Å²) in [5.74, 6) is 0. The van der Waals surface area contributed by atoms with Crippen molar-refractivity contribution in [3.05, 3.63) is 48.0 Å². The maximum Gasteiger partial charge on any atom is 0.416 e. The summed E-state index contributed by atoms with van der Waals surface area (Å²) in [5, 5.41) is 0. The van der Waals surface area contributed by atoms with E-state index >= 15 is 0 Å². The van der Waals surface area contributed by atoms with Gasteiger partial charge in [0.25, 0.3) is 0 Å². The van der Waals surface area contributed by atoms with Gasteiger partial charge >= 0.3 is 6.18 Å². The number of para-hydroxylation sites is 1. The van der Waals surface area contributed by atoms with Crippen LogP contribution < -0.4 is 4.90 Å². The van der Waals surface area contributed by atoms with E-state index in [2.05, 4.69) is 4.90 Å². The Kier molecular flexibility index (Phi) is 5.58. The average Bonchev–Trinajstić information content (AvgIpc) is 3.14. The summed E-state index contributed by atoms with van der Waals surface area (Å²) in [7, 11) is 1.74. The van der Waals surface area contributed by atoms with Gasteiger partial charge in [-0.1, -0.05) is 23.9 Å². The van der Waals surface area contributed by atoms with Gasteiger partial charge < -0.3 is 14.5 Å². The number of hydrogen-bond donors (Lipinski definition) is 0. The van der Waals surface area contributed by atoms with E-state index in [0.717, 1.165) is 48.0 Å². The fraction of sp³-hybridized carbons (Fsp3) is 0.429. The monoisotopic (exact) mass is 408 g/mol. The van der Waals surface area contributed by atoms with Gasteiger partial charge in [-0.25, -0.2) is 0 Å². The van der Waals surface area contributed by atoms with E-state index in [4.69, 9.17) is 4.74 Å². The standard InChI is InChI=1S/C21H23F3N2OS/c1-27-16-9-12-25(14-16)10-4-11-26-17-5-2-3-6-19(17)28-20-8-7-15(13-18(20)26)21(22,23)24/h2-3,5-8,13,16H,4,9-12,14H2,1H3. The second kappa shape index (κ2) is 7.97. The van der Waals surface area contributed by atoms with Crippen molar-refractivity contribution in [2.24, 2.45) is 0 Å². The third kappa shape index (κ3) is 4.02. The van der Waals surface area contributed by atoms with Crippen molar-refractivity contribution in [1.29, 1.82) is 0 Å². The van der Waals surface area contributed by atoms with Crippen LogP contribution in [0.2, 0.25) is 0 Å². The molecule has 1 fully saturated rings. The molecule has 2 heterocycles. The SMILES string of the molecule is COC1CCN(CCCN2c3ccccc3Sc3ccc(C(F)(F)F)cc32)C1. The van der Waals surface area contributed by atoms with Crippen molar-refractivity contribution in [1.82, 2.24) is 4.90 Å². The minimum absolute atomic E-state index is 0.294. The molecule has 28 heavy (non-hydrogen) atoms. The zero-order valence-corrected chi connectivity index (χ0v) is 16.5. The molecule has 2 aromatic rings. The summed E-state index contributed by atoms with van der Waals surface area (Å²) in [5.41, 5.74) is 1.03. The van der Waals surface area contributed by atoms with E-state index in [1.54, 1.807) is 13.2 Å². The van der Waals surface area contributed by atoms with Gasteiger partial charge in [-0.15, -0.1) is 0 Å². The lowest BCUT2D eigenvalue weighted by Gasteiger charge is -2.33. The molecule has 2 aliphatic rings. The number of methoxy groups -OCH3 is 1. The lowest BCUT2D eigenvalue weighted by Crippen LogP contribution is -2.28. The van der Waals surface area contributed by atoms with Gasteiger partial charge in [0.1, 0.15) is 0 Å². The number of anilines is 2. The smallest absolute Gasteiger partial charge is 0.380 e. The van der Waals surface area contributed by atoms with Crippen LogP contribution in [0.3, 0.4) is 0 Å². The number of alkyl halides is 3. The highest BCUT2D eigenvalue weighted by molar-refractivity contribution is 7.99. The second-order valence-electron chi connectivity index (χ2n) is 7.20. The van der Waals surface area contributed by atoms with Crippen LogP contribution in [0.1, 0.15) is 18.4 Å². The minimum atomic E-state index is -4.34. The number of ether oxygens (including phenoxy) is 1. The first-order chi connectivity index (χ1) is 13.5. The Labute approximate surface area is 167 Å². The van der Waals surface area contributed by atoms with Crippen LogP contribution in [0.4, 0.5) is 24.5 Å². The van der Waals surface area contributed by atoms with Crippen molar-refractivity contribution < 1.29 is 17.9 Å². The van der Waals surface area contributed by atoms with Crippen LogP contribution in [0.15, 0.2) is 52.3 Å². The van der Waals surface area contributed by atoms with Crippen LogP contribution >= 0.6 is 11.8 Å². The highest BCUT2D eigenvalue weighted by Crippen LogP contribution is 2.49. The normalized spacial score (nSPS) is 19.6. The highest BCUT2D eigenvalue weighted by atomic mass is 32.2. The van der Waals surface area contributed by atoms with Gasteiger partial charge in [-0.05, 0) is 49.7 Å². The summed E-state index contributed by atoms with van der Waals surface area (Å²) >= 11 is 1.53. The van der Waals surface area contributed by atoms with E-state index in [1.165, 1.54) is 23.9 Å². The highest BCUT2D eigenvalue weighted by Gasteiger charge is 2.33. The Morgan fingerprint density at radius 3 is 2.61 bits per heavy atom. The lowest BCUT2D eigenvalue weighted by atomic mass is 10.1. The fourth-order valence-electron chi connectivity index (χ4n) is 3.89. The summed E-state index contributed by atoms with van der Waals surface area (Å²) in [6, 6.07) is 12.0. The molecule has 0 aromatic heterocycles. The molecule has 0 N–H and O–H groups in total. The lowest BCUT2D eigenvalue weighted by molar-refractivity contribution is -0.137. The zero-order valence-electron chi connectivity index (χ0n) is 15.7. The molecular formula is C21H23F3N2OS. The van der Waals surface area contributed by atoms with E-state index in [-0.39, 0.29) is 0 Å². The Morgan fingerprint density at radius 1 is 1.07 bits per heavy atom. The zero-order chi connectivity index (χ0) is 19.7. The van der Waals surface area contributed by atoms with Crippen molar-refractivity contribution >= 4 is 23.1 Å². The van der Waals surface area contributed by atoms with Gasteiger partial charge in [0, 0.05) is 36.5 Å². The Hall–Kier alpha value is -1.70. The molecule has 0 saturated carbocycles. The molecular weight excluding hydrogens is 385 g/mol. The van der Waals surface area contributed by atoms with Gasteiger partial charge in [-0.3, -0.25) is 0 Å². The Morgan fingerprint density at radius 2 is 1.86 bits per heavy atom. The third-order valence-corrected chi connectivity index (χ3v) is 6.50. The quantitative estimate of drug-likeness (QED) is 0.656. The number of rotatable bonds is 5. The molecule has 1 atom stereocenters. The molecule has 7 heteroatoms. The summed E-state index contributed by atoms with van der Waals surface area (Å²) < 4.78 is 45.2. The summed E-state index contributed by atoms with van der Waals surface area (Å²) in [6.07, 6.45) is -2.13. The predicted molar refractivity (Wildman–Crippen MR) is 105 cm³/mol. The van der Waals surface area contributed by atoms with Crippen LogP contribution in [-0.2, 0) is 10.9 Å². The van der Waals surface area contributed by atoms with Gasteiger partial charge in [-0.2, -0.15) is 13.2 Å². The second-order valence-corrected chi connectivity index (χ2v) is 8.29. The number of fused-ring (bicyclic) bond motifs is 2. The maximum absolute atomic E-state index is 13.3. The largest absolute Gasteiger partial charge is 0.416 e. The van der Waals surface area contributed by atoms with Crippen LogP contribution in [-0.4, -0.2) is 44.3 Å². The number of hydrogen-bond acceptors (Lipinski definition) is 4. The first kappa shape index (κ1) is 19.6. The third-order valence-electron chi connectivity index (χ3n) is 5.37. The topological polar surface area (TPSA) is 15.7 Å². The molecule has 0 bridgehead atoms. The van der Waals surface area contributed by atoms with E-state index < -0.39 is 11.7 Å². The molecule has 150 valence electrons. The number of halogens is 3. The average molecular weight is 408 g/mol. The molecule has 1 unspecified atom stereocenters. The molecule has 1 saturated heterocycles. The fourth-order valence-corrected chi connectivity index (χ4v) is 4.97. The molecule has 4 rings (SSSR count). The first-order valence-corrected chi connectivity index (χ1v) is 10.3. The number of likely N-dealkylation sites (tertiary alicyclic amines) is 1. The molecule has 2 aliphatic heterocycles. The maximum atomic E-state index is 13.3. The summed E-state index contributed by atoms with van der Waals surface area (Å²) in [4.78, 5) is 6.36. The molecule has 0 aliphatic carbocycles. The Bertz CT molecular complexity index is 843. The summed E-state index contributed by atoms with van der Waals surface area (Å²) in [6.45, 7) is 3.54. The van der Waals surface area contributed by atoms with Crippen molar-refractivity contribution in [3.63, 3.8) is 0 Å². The molecule has 0 spiro atoms. The van der Waals surface area contributed by atoms with Crippen LogP contribution in [0, 0.1) is 0 Å². The van der Waals surface area contributed by atoms with Crippen LogP contribution in [0.5, 0.6) is 0 Å². The van der Waals surface area contributed by atoms with Gasteiger partial charge in [0.15, 0.2) is 0 Å². The molecule has 0 amide bonds. The van der Waals surface area contributed by atoms with Crippen LogP contribution in [0.25, 0.3) is 0 Å².